The fourth-order valence-electron chi connectivity index (χ4n) is 3.32. The molecule has 1 aliphatic rings. The van der Waals surface area contributed by atoms with Crippen LogP contribution in [-0.4, -0.2) is 36.9 Å². The third-order valence-corrected chi connectivity index (χ3v) is 5.71. The van der Waals surface area contributed by atoms with E-state index in [1.54, 1.807) is 0 Å². The molecule has 6 heteroatoms. The molecule has 0 aromatic carbocycles. The summed E-state index contributed by atoms with van der Waals surface area (Å²) in [6.45, 7) is 5.92. The number of thiophene rings is 1. The van der Waals surface area contributed by atoms with E-state index in [-0.39, 0.29) is 24.0 Å². The Morgan fingerprint density at radius 2 is 2.00 bits per heavy atom. The second kappa shape index (κ2) is 10.9. The molecule has 2 atom stereocenters. The molecule has 156 valence electrons. The van der Waals surface area contributed by atoms with Gasteiger partial charge in [-0.3, -0.25) is 9.59 Å². The highest BCUT2D eigenvalue weighted by Crippen LogP contribution is 2.32. The van der Waals surface area contributed by atoms with Crippen molar-refractivity contribution in [1.82, 2.24) is 0 Å². The van der Waals surface area contributed by atoms with Crippen molar-refractivity contribution in [1.29, 1.82) is 0 Å². The van der Waals surface area contributed by atoms with Crippen molar-refractivity contribution in [3.63, 3.8) is 0 Å². The van der Waals surface area contributed by atoms with Crippen LogP contribution >= 0.6 is 11.3 Å². The predicted octanol–water partition coefficient (Wildman–Crippen LogP) is 5.39. The van der Waals surface area contributed by atoms with E-state index in [9.17, 15) is 9.59 Å². The highest BCUT2D eigenvalue weighted by atomic mass is 32.1. The van der Waals surface area contributed by atoms with E-state index in [1.807, 2.05) is 37.4 Å². The number of esters is 1. The number of unbranched alkanes of at least 4 members (excludes halogenated alkanes) is 2. The van der Waals surface area contributed by atoms with Crippen molar-refractivity contribution < 1.29 is 23.8 Å². The van der Waals surface area contributed by atoms with Gasteiger partial charge in [-0.15, -0.1) is 11.3 Å². The van der Waals surface area contributed by atoms with Gasteiger partial charge in [0.15, 0.2) is 11.6 Å². The lowest BCUT2D eigenvalue weighted by Crippen LogP contribution is -2.21. The third kappa shape index (κ3) is 6.83. The monoisotopic (exact) mass is 408 g/mol. The first-order valence-corrected chi connectivity index (χ1v) is 11.0. The largest absolute Gasteiger partial charge is 0.469 e. The fourth-order valence-corrected chi connectivity index (χ4v) is 4.18. The number of hydrogen-bond acceptors (Lipinski definition) is 6. The van der Waals surface area contributed by atoms with E-state index in [0.717, 1.165) is 29.7 Å². The minimum Gasteiger partial charge on any atom is -0.469 e. The van der Waals surface area contributed by atoms with Crippen LogP contribution in [0.5, 0.6) is 0 Å². The molecule has 1 aromatic heterocycles. The average Bonchev–Trinajstić information content (AvgIpc) is 3.23. The molecule has 1 unspecified atom stereocenters. The normalized spacial score (nSPS) is 21.3. The molecule has 1 aliphatic heterocycles. The SMILES string of the molecule is CCCCCC(=O)c1sccc1/C=C/C1OC(C)(C)O[C@H]1CCCC(=O)OC. The van der Waals surface area contributed by atoms with Crippen molar-refractivity contribution in [2.75, 3.05) is 7.11 Å². The molecule has 1 saturated heterocycles. The van der Waals surface area contributed by atoms with E-state index in [4.69, 9.17) is 14.2 Å². The minimum atomic E-state index is -0.668. The standard InChI is InChI=1S/C22H32O5S/c1-5-6-7-9-17(23)21-16(14-15-28-21)12-13-19-18(26-22(2,3)27-19)10-8-11-20(24)25-4/h12-15,18-19H,5-11H2,1-4H3/b13-12+/t18-,19?/m0/s1. The molecule has 0 saturated carbocycles. The van der Waals surface area contributed by atoms with Gasteiger partial charge in [0.2, 0.25) is 0 Å². The summed E-state index contributed by atoms with van der Waals surface area (Å²) < 4.78 is 16.7. The summed E-state index contributed by atoms with van der Waals surface area (Å²) in [7, 11) is 1.40. The second-order valence-corrected chi connectivity index (χ2v) is 8.47. The summed E-state index contributed by atoms with van der Waals surface area (Å²) in [5.41, 5.74) is 0.938. The summed E-state index contributed by atoms with van der Waals surface area (Å²) in [6, 6.07) is 1.97. The van der Waals surface area contributed by atoms with Crippen LogP contribution < -0.4 is 0 Å². The number of methoxy groups -OCH3 is 1. The van der Waals surface area contributed by atoms with Crippen molar-refractivity contribution in [2.24, 2.45) is 0 Å². The lowest BCUT2D eigenvalue weighted by atomic mass is 10.0. The van der Waals surface area contributed by atoms with Gasteiger partial charge in [0.25, 0.3) is 0 Å². The first-order valence-electron chi connectivity index (χ1n) is 10.1. The van der Waals surface area contributed by atoms with Crippen LogP contribution in [0.4, 0.5) is 0 Å². The van der Waals surface area contributed by atoms with Gasteiger partial charge in [-0.1, -0.05) is 31.9 Å². The highest BCUT2D eigenvalue weighted by molar-refractivity contribution is 7.12. The van der Waals surface area contributed by atoms with Crippen LogP contribution in [0, 0.1) is 0 Å². The lowest BCUT2D eigenvalue weighted by Gasteiger charge is -2.16. The first kappa shape index (κ1) is 22.8. The van der Waals surface area contributed by atoms with E-state index in [2.05, 4.69) is 6.92 Å². The Kier molecular flexibility index (Phi) is 8.86. The number of ketones is 1. The van der Waals surface area contributed by atoms with E-state index in [1.165, 1.54) is 18.4 Å². The average molecular weight is 409 g/mol. The molecule has 1 fully saturated rings. The Hall–Kier alpha value is -1.50. The molecule has 0 bridgehead atoms. The molecule has 2 heterocycles. The Balaban J connectivity index is 2.00. The van der Waals surface area contributed by atoms with Gasteiger partial charge in [-0.05, 0) is 50.1 Å². The third-order valence-electron chi connectivity index (χ3n) is 4.74. The van der Waals surface area contributed by atoms with Gasteiger partial charge >= 0.3 is 5.97 Å². The van der Waals surface area contributed by atoms with Crippen molar-refractivity contribution in [3.8, 4) is 0 Å². The van der Waals surface area contributed by atoms with Crippen LogP contribution in [0.15, 0.2) is 17.5 Å². The molecule has 28 heavy (non-hydrogen) atoms. The van der Waals surface area contributed by atoms with Crippen LogP contribution in [0.25, 0.3) is 6.08 Å². The van der Waals surface area contributed by atoms with Crippen LogP contribution in [0.3, 0.4) is 0 Å². The molecule has 0 amide bonds. The summed E-state index contributed by atoms with van der Waals surface area (Å²) in [5.74, 6) is -0.672. The van der Waals surface area contributed by atoms with Gasteiger partial charge in [0.1, 0.15) is 6.10 Å². The summed E-state index contributed by atoms with van der Waals surface area (Å²) in [5, 5.41) is 1.95. The molecule has 5 nitrogen and oxygen atoms in total. The maximum atomic E-state index is 12.5. The summed E-state index contributed by atoms with van der Waals surface area (Å²) in [4.78, 5) is 24.6. The Bertz CT molecular complexity index is 676. The van der Waals surface area contributed by atoms with Crippen LogP contribution in [-0.2, 0) is 19.0 Å². The molecular weight excluding hydrogens is 376 g/mol. The topological polar surface area (TPSA) is 61.8 Å². The molecule has 1 aromatic rings. The molecule has 2 rings (SSSR count). The zero-order chi connectivity index (χ0) is 20.6. The quantitative estimate of drug-likeness (QED) is 0.279. The number of ether oxygens (including phenoxy) is 3. The van der Waals surface area contributed by atoms with Crippen molar-refractivity contribution in [2.45, 2.75) is 83.7 Å². The highest BCUT2D eigenvalue weighted by Gasteiger charge is 2.39. The van der Waals surface area contributed by atoms with Crippen molar-refractivity contribution >= 4 is 29.2 Å². The summed E-state index contributed by atoms with van der Waals surface area (Å²) >= 11 is 1.49. The zero-order valence-corrected chi connectivity index (χ0v) is 18.2. The summed E-state index contributed by atoms with van der Waals surface area (Å²) in [6.07, 6.45) is 9.08. The van der Waals surface area contributed by atoms with Crippen LogP contribution in [0.1, 0.15) is 81.0 Å². The fraction of sp³-hybridized carbons (Fsp3) is 0.636. The number of rotatable bonds is 11. The molecule has 0 spiro atoms. The zero-order valence-electron chi connectivity index (χ0n) is 17.4. The molecular formula is C22H32O5S. The van der Waals surface area contributed by atoms with Crippen molar-refractivity contribution in [3.05, 3.63) is 28.0 Å². The molecule has 0 N–H and O–H groups in total. The van der Waals surface area contributed by atoms with Gasteiger partial charge < -0.3 is 14.2 Å². The number of hydrogen-bond donors (Lipinski definition) is 0. The number of Topliss-reactive ketones (excluding diaryl/α,β-unsaturated/α-hetero) is 1. The maximum Gasteiger partial charge on any atom is 0.305 e. The van der Waals surface area contributed by atoms with Gasteiger partial charge in [-0.25, -0.2) is 0 Å². The van der Waals surface area contributed by atoms with Gasteiger partial charge in [0, 0.05) is 12.8 Å². The minimum absolute atomic E-state index is 0.127. The van der Waals surface area contributed by atoms with Crippen LogP contribution in [0.2, 0.25) is 0 Å². The van der Waals surface area contributed by atoms with Gasteiger partial charge in [-0.2, -0.15) is 0 Å². The Morgan fingerprint density at radius 1 is 1.21 bits per heavy atom. The number of carbonyl (C=O) groups excluding carboxylic acids is 2. The lowest BCUT2D eigenvalue weighted by molar-refractivity contribution is -0.144. The van der Waals surface area contributed by atoms with E-state index in [0.29, 0.717) is 25.7 Å². The Morgan fingerprint density at radius 3 is 2.71 bits per heavy atom. The first-order chi connectivity index (χ1) is 13.4. The van der Waals surface area contributed by atoms with E-state index >= 15 is 0 Å². The maximum absolute atomic E-state index is 12.5. The molecule has 0 radical (unpaired) electrons. The predicted molar refractivity (Wildman–Crippen MR) is 112 cm³/mol. The van der Waals surface area contributed by atoms with E-state index < -0.39 is 5.79 Å². The molecule has 0 aliphatic carbocycles. The number of carbonyl (C=O) groups is 2. The second-order valence-electron chi connectivity index (χ2n) is 7.55. The smallest absolute Gasteiger partial charge is 0.305 e. The van der Waals surface area contributed by atoms with Gasteiger partial charge in [0.05, 0.1) is 18.1 Å². The Labute approximate surface area is 172 Å².